The minimum atomic E-state index is -0.780. The van der Waals surface area contributed by atoms with E-state index in [0.717, 1.165) is 42.7 Å². The SMILES string of the molecule is O[C@]1(Cc2ccc(Cl)cc2)CCCCC[C@H]1n1cncn1. The Morgan fingerprint density at radius 3 is 2.76 bits per heavy atom. The first-order valence-corrected chi connectivity index (χ1v) is 7.86. The van der Waals surface area contributed by atoms with E-state index in [2.05, 4.69) is 10.1 Å². The number of hydrogen-bond acceptors (Lipinski definition) is 3. The first-order valence-electron chi connectivity index (χ1n) is 7.48. The highest BCUT2D eigenvalue weighted by Gasteiger charge is 2.39. The quantitative estimate of drug-likeness (QED) is 0.884. The Kier molecular flexibility index (Phi) is 4.27. The topological polar surface area (TPSA) is 50.9 Å². The maximum atomic E-state index is 11.3. The van der Waals surface area contributed by atoms with Gasteiger partial charge < -0.3 is 5.11 Å². The minimum Gasteiger partial charge on any atom is -0.387 e. The lowest BCUT2D eigenvalue weighted by Crippen LogP contribution is -2.41. The Balaban J connectivity index is 1.88. The molecule has 3 rings (SSSR count). The molecule has 5 heteroatoms. The molecule has 1 N–H and O–H groups in total. The van der Waals surface area contributed by atoms with Crippen molar-refractivity contribution in [3.63, 3.8) is 0 Å². The van der Waals surface area contributed by atoms with E-state index in [1.54, 1.807) is 6.33 Å². The zero-order chi connectivity index (χ0) is 14.7. The summed E-state index contributed by atoms with van der Waals surface area (Å²) in [7, 11) is 0. The van der Waals surface area contributed by atoms with Gasteiger partial charge >= 0.3 is 0 Å². The number of nitrogens with zero attached hydrogens (tertiary/aromatic N) is 3. The second kappa shape index (κ2) is 6.16. The maximum absolute atomic E-state index is 11.3. The van der Waals surface area contributed by atoms with E-state index < -0.39 is 5.60 Å². The fourth-order valence-corrected chi connectivity index (χ4v) is 3.43. The van der Waals surface area contributed by atoms with Crippen molar-refractivity contribution in [1.82, 2.24) is 14.8 Å². The Labute approximate surface area is 129 Å². The Bertz CT molecular complexity index is 570. The average Bonchev–Trinajstić information content (AvgIpc) is 2.92. The van der Waals surface area contributed by atoms with Crippen LogP contribution in [0.25, 0.3) is 0 Å². The molecule has 0 bridgehead atoms. The van der Waals surface area contributed by atoms with Crippen molar-refractivity contribution in [2.75, 3.05) is 0 Å². The summed E-state index contributed by atoms with van der Waals surface area (Å²) in [5.41, 5.74) is 0.326. The molecule has 0 unspecified atom stereocenters. The molecule has 0 aliphatic heterocycles. The van der Waals surface area contributed by atoms with Crippen LogP contribution in [0, 0.1) is 0 Å². The van der Waals surface area contributed by atoms with Crippen molar-refractivity contribution in [3.8, 4) is 0 Å². The summed E-state index contributed by atoms with van der Waals surface area (Å²) in [6.45, 7) is 0. The molecule has 4 nitrogen and oxygen atoms in total. The van der Waals surface area contributed by atoms with Gasteiger partial charge in [0.25, 0.3) is 0 Å². The standard InChI is InChI=1S/C16H20ClN3O/c17-14-7-5-13(6-8-14)10-16(21)9-3-1-2-4-15(16)20-12-18-11-19-20/h5-8,11-12,15,21H,1-4,9-10H2/t15-,16+/m1/s1. The van der Waals surface area contributed by atoms with E-state index >= 15 is 0 Å². The van der Waals surface area contributed by atoms with E-state index in [9.17, 15) is 5.11 Å². The van der Waals surface area contributed by atoms with E-state index in [1.807, 2.05) is 28.9 Å². The molecular formula is C16H20ClN3O. The lowest BCUT2D eigenvalue weighted by atomic mass is 9.83. The predicted molar refractivity (Wildman–Crippen MR) is 82.2 cm³/mol. The number of benzene rings is 1. The molecule has 1 fully saturated rings. The molecule has 112 valence electrons. The van der Waals surface area contributed by atoms with Crippen LogP contribution >= 0.6 is 11.6 Å². The summed E-state index contributed by atoms with van der Waals surface area (Å²) in [5.74, 6) is 0. The molecule has 21 heavy (non-hydrogen) atoms. The third-order valence-electron chi connectivity index (χ3n) is 4.39. The molecule has 2 atom stereocenters. The maximum Gasteiger partial charge on any atom is 0.137 e. The highest BCUT2D eigenvalue weighted by atomic mass is 35.5. The van der Waals surface area contributed by atoms with Crippen LogP contribution in [0.2, 0.25) is 5.02 Å². The lowest BCUT2D eigenvalue weighted by Gasteiger charge is -2.35. The van der Waals surface area contributed by atoms with E-state index in [4.69, 9.17) is 11.6 Å². The van der Waals surface area contributed by atoms with Crippen LogP contribution in [0.5, 0.6) is 0 Å². The molecule has 2 aromatic rings. The molecule has 1 aromatic carbocycles. The van der Waals surface area contributed by atoms with Gasteiger partial charge in [0, 0.05) is 11.4 Å². The Morgan fingerprint density at radius 1 is 1.24 bits per heavy atom. The van der Waals surface area contributed by atoms with Gasteiger partial charge in [0.1, 0.15) is 12.7 Å². The predicted octanol–water partition coefficient (Wildman–Crippen LogP) is 3.41. The Morgan fingerprint density at radius 2 is 2.05 bits per heavy atom. The third kappa shape index (κ3) is 3.27. The first-order chi connectivity index (χ1) is 10.2. The fourth-order valence-electron chi connectivity index (χ4n) is 3.30. The van der Waals surface area contributed by atoms with Crippen LogP contribution in [0.15, 0.2) is 36.9 Å². The largest absolute Gasteiger partial charge is 0.387 e. The highest BCUT2D eigenvalue weighted by molar-refractivity contribution is 6.30. The molecule has 0 saturated heterocycles. The highest BCUT2D eigenvalue weighted by Crippen LogP contribution is 2.38. The van der Waals surface area contributed by atoms with Gasteiger partial charge in [-0.2, -0.15) is 5.10 Å². The van der Waals surface area contributed by atoms with Gasteiger partial charge in [-0.05, 0) is 30.5 Å². The van der Waals surface area contributed by atoms with Crippen molar-refractivity contribution in [3.05, 3.63) is 47.5 Å². The van der Waals surface area contributed by atoms with Crippen LogP contribution in [0.4, 0.5) is 0 Å². The molecular weight excluding hydrogens is 286 g/mol. The second-order valence-electron chi connectivity index (χ2n) is 5.90. The number of aromatic nitrogens is 3. The van der Waals surface area contributed by atoms with E-state index in [0.29, 0.717) is 6.42 Å². The third-order valence-corrected chi connectivity index (χ3v) is 4.64. The number of halogens is 1. The van der Waals surface area contributed by atoms with Crippen molar-refractivity contribution in [1.29, 1.82) is 0 Å². The van der Waals surface area contributed by atoms with Crippen LogP contribution in [-0.4, -0.2) is 25.5 Å². The monoisotopic (exact) mass is 305 g/mol. The lowest BCUT2D eigenvalue weighted by molar-refractivity contribution is -0.0227. The Hall–Kier alpha value is -1.39. The molecule has 0 radical (unpaired) electrons. The van der Waals surface area contributed by atoms with Gasteiger partial charge in [-0.25, -0.2) is 9.67 Å². The molecule has 1 aromatic heterocycles. The number of aliphatic hydroxyl groups is 1. The van der Waals surface area contributed by atoms with Gasteiger partial charge in [0.15, 0.2) is 0 Å². The molecule has 0 amide bonds. The zero-order valence-electron chi connectivity index (χ0n) is 12.0. The zero-order valence-corrected chi connectivity index (χ0v) is 12.7. The second-order valence-corrected chi connectivity index (χ2v) is 6.33. The van der Waals surface area contributed by atoms with Crippen molar-refractivity contribution in [2.24, 2.45) is 0 Å². The summed E-state index contributed by atoms with van der Waals surface area (Å²) in [6, 6.07) is 7.72. The average molecular weight is 306 g/mol. The van der Waals surface area contributed by atoms with Crippen LogP contribution in [0.1, 0.15) is 43.7 Å². The molecule has 0 spiro atoms. The van der Waals surface area contributed by atoms with E-state index in [-0.39, 0.29) is 6.04 Å². The summed E-state index contributed by atoms with van der Waals surface area (Å²) in [6.07, 6.45) is 8.93. The van der Waals surface area contributed by atoms with Gasteiger partial charge in [-0.3, -0.25) is 0 Å². The summed E-state index contributed by atoms with van der Waals surface area (Å²) in [4.78, 5) is 4.04. The van der Waals surface area contributed by atoms with Crippen molar-refractivity contribution in [2.45, 2.75) is 50.2 Å². The normalized spacial score (nSPS) is 26.5. The molecule has 1 aliphatic carbocycles. The van der Waals surface area contributed by atoms with Gasteiger partial charge in [0.05, 0.1) is 11.6 Å². The van der Waals surface area contributed by atoms with Crippen LogP contribution < -0.4 is 0 Å². The van der Waals surface area contributed by atoms with Crippen LogP contribution in [-0.2, 0) is 6.42 Å². The number of hydrogen-bond donors (Lipinski definition) is 1. The smallest absolute Gasteiger partial charge is 0.137 e. The van der Waals surface area contributed by atoms with Crippen molar-refractivity contribution < 1.29 is 5.11 Å². The van der Waals surface area contributed by atoms with Gasteiger partial charge in [-0.1, -0.05) is 43.0 Å². The summed E-state index contributed by atoms with van der Waals surface area (Å²) >= 11 is 5.94. The molecule has 1 saturated carbocycles. The molecule has 1 heterocycles. The van der Waals surface area contributed by atoms with Crippen molar-refractivity contribution >= 4 is 11.6 Å². The first kappa shape index (κ1) is 14.5. The fraction of sp³-hybridized carbons (Fsp3) is 0.500. The van der Waals surface area contributed by atoms with Gasteiger partial charge in [0.2, 0.25) is 0 Å². The minimum absolute atomic E-state index is 0.0156. The van der Waals surface area contributed by atoms with E-state index in [1.165, 1.54) is 6.33 Å². The van der Waals surface area contributed by atoms with Gasteiger partial charge in [-0.15, -0.1) is 0 Å². The van der Waals surface area contributed by atoms with Crippen LogP contribution in [0.3, 0.4) is 0 Å². The summed E-state index contributed by atoms with van der Waals surface area (Å²) < 4.78 is 1.82. The molecule has 1 aliphatic rings. The summed E-state index contributed by atoms with van der Waals surface area (Å²) in [5, 5.41) is 16.3. The number of rotatable bonds is 3.